The fourth-order valence-electron chi connectivity index (χ4n) is 1.24. The highest BCUT2D eigenvalue weighted by atomic mass is 79.9. The van der Waals surface area contributed by atoms with Crippen LogP contribution in [0.5, 0.6) is 0 Å². The first kappa shape index (κ1) is 12.9. The van der Waals surface area contributed by atoms with Gasteiger partial charge in [-0.05, 0) is 31.2 Å². The van der Waals surface area contributed by atoms with E-state index in [-0.39, 0.29) is 0 Å². The van der Waals surface area contributed by atoms with Gasteiger partial charge in [0, 0.05) is 22.5 Å². The number of nitrogens with zero attached hydrogens (tertiary/aromatic N) is 2. The molecule has 0 fully saturated rings. The third-order valence-corrected chi connectivity index (χ3v) is 4.51. The molecule has 1 aromatic heterocycles. The maximum Gasteiger partial charge on any atom is 0.174 e. The molecular formula is C11H12BrN3S2. The van der Waals surface area contributed by atoms with Crippen molar-refractivity contribution < 1.29 is 0 Å². The van der Waals surface area contributed by atoms with E-state index in [2.05, 4.69) is 43.6 Å². The minimum absolute atomic E-state index is 0.922. The van der Waals surface area contributed by atoms with Crippen LogP contribution >= 0.6 is 39.0 Å². The Hall–Kier alpha value is -0.590. The van der Waals surface area contributed by atoms with Gasteiger partial charge in [0.1, 0.15) is 5.01 Å². The lowest BCUT2D eigenvalue weighted by molar-refractivity contribution is 0.983. The van der Waals surface area contributed by atoms with E-state index in [1.165, 1.54) is 0 Å². The maximum atomic E-state index is 4.07. The standard InChI is InChI=1S/C11H12BrN3S2/c1-8-14-15-11(17-8)16-7-6-13-10-4-2-9(12)3-5-10/h2-5,13H,6-7H2,1H3. The van der Waals surface area contributed by atoms with Gasteiger partial charge in [0.25, 0.3) is 0 Å². The molecule has 0 radical (unpaired) electrons. The zero-order valence-corrected chi connectivity index (χ0v) is 12.5. The molecule has 17 heavy (non-hydrogen) atoms. The topological polar surface area (TPSA) is 37.8 Å². The van der Waals surface area contributed by atoms with Crippen LogP contribution in [0.3, 0.4) is 0 Å². The van der Waals surface area contributed by atoms with E-state index in [4.69, 9.17) is 0 Å². The second-order valence-corrected chi connectivity index (χ2v) is 6.81. The molecule has 0 unspecified atom stereocenters. The number of nitrogens with one attached hydrogen (secondary N) is 1. The SMILES string of the molecule is Cc1nnc(SCCNc2ccc(Br)cc2)s1. The van der Waals surface area contributed by atoms with E-state index in [9.17, 15) is 0 Å². The van der Waals surface area contributed by atoms with Crippen molar-refractivity contribution in [1.82, 2.24) is 10.2 Å². The molecule has 0 saturated heterocycles. The van der Waals surface area contributed by atoms with Gasteiger partial charge in [0.05, 0.1) is 0 Å². The summed E-state index contributed by atoms with van der Waals surface area (Å²) in [6.45, 7) is 2.90. The van der Waals surface area contributed by atoms with Crippen LogP contribution in [0.25, 0.3) is 0 Å². The summed E-state index contributed by atoms with van der Waals surface area (Å²) >= 11 is 6.79. The Kier molecular flexibility index (Phi) is 4.82. The third kappa shape index (κ3) is 4.29. The van der Waals surface area contributed by atoms with E-state index in [1.54, 1.807) is 23.1 Å². The molecule has 0 aliphatic heterocycles. The number of halogens is 1. The quantitative estimate of drug-likeness (QED) is 0.668. The molecule has 0 saturated carbocycles. The van der Waals surface area contributed by atoms with Crippen LogP contribution in [0.4, 0.5) is 5.69 Å². The van der Waals surface area contributed by atoms with Crippen LogP contribution in [0, 0.1) is 6.92 Å². The van der Waals surface area contributed by atoms with Gasteiger partial charge < -0.3 is 5.32 Å². The highest BCUT2D eigenvalue weighted by molar-refractivity contribution is 9.10. The molecule has 6 heteroatoms. The largest absolute Gasteiger partial charge is 0.384 e. The molecule has 0 aliphatic rings. The normalized spacial score (nSPS) is 10.5. The molecule has 0 amide bonds. The first-order valence-electron chi connectivity index (χ1n) is 5.16. The maximum absolute atomic E-state index is 4.07. The van der Waals surface area contributed by atoms with Crippen molar-refractivity contribution in [2.24, 2.45) is 0 Å². The first-order valence-corrected chi connectivity index (χ1v) is 7.76. The van der Waals surface area contributed by atoms with Crippen LogP contribution < -0.4 is 5.32 Å². The summed E-state index contributed by atoms with van der Waals surface area (Å²) in [5, 5.41) is 12.4. The van der Waals surface area contributed by atoms with Gasteiger partial charge in [0.15, 0.2) is 4.34 Å². The number of aromatic nitrogens is 2. The van der Waals surface area contributed by atoms with Gasteiger partial charge in [-0.3, -0.25) is 0 Å². The average molecular weight is 330 g/mol. The lowest BCUT2D eigenvalue weighted by Crippen LogP contribution is -2.03. The van der Waals surface area contributed by atoms with Gasteiger partial charge >= 0.3 is 0 Å². The van der Waals surface area contributed by atoms with Crippen molar-refractivity contribution in [3.63, 3.8) is 0 Å². The summed E-state index contributed by atoms with van der Waals surface area (Å²) < 4.78 is 2.14. The van der Waals surface area contributed by atoms with E-state index in [0.717, 1.165) is 31.8 Å². The number of aryl methyl sites for hydroxylation is 1. The lowest BCUT2D eigenvalue weighted by Gasteiger charge is -2.04. The van der Waals surface area contributed by atoms with E-state index in [1.807, 2.05) is 19.1 Å². The molecule has 0 bridgehead atoms. The van der Waals surface area contributed by atoms with Crippen LogP contribution in [-0.2, 0) is 0 Å². The van der Waals surface area contributed by atoms with Crippen molar-refractivity contribution in [3.8, 4) is 0 Å². The highest BCUT2D eigenvalue weighted by Gasteiger charge is 2.00. The van der Waals surface area contributed by atoms with E-state index >= 15 is 0 Å². The molecule has 3 nitrogen and oxygen atoms in total. The molecule has 1 aromatic carbocycles. The van der Waals surface area contributed by atoms with Gasteiger partial charge in [-0.2, -0.15) is 0 Å². The Labute approximate surface area is 117 Å². The summed E-state index contributed by atoms with van der Waals surface area (Å²) in [6, 6.07) is 8.18. The van der Waals surface area contributed by atoms with Gasteiger partial charge in [-0.15, -0.1) is 10.2 Å². The number of benzene rings is 1. The minimum atomic E-state index is 0.922. The van der Waals surface area contributed by atoms with Crippen molar-refractivity contribution in [3.05, 3.63) is 33.7 Å². The Morgan fingerprint density at radius 2 is 2.06 bits per heavy atom. The molecular weight excluding hydrogens is 318 g/mol. The molecule has 2 aromatic rings. The molecule has 2 rings (SSSR count). The predicted octanol–water partition coefficient (Wildman–Crippen LogP) is 3.81. The summed E-state index contributed by atoms with van der Waals surface area (Å²) in [5.74, 6) is 0.991. The summed E-state index contributed by atoms with van der Waals surface area (Å²) in [7, 11) is 0. The highest BCUT2D eigenvalue weighted by Crippen LogP contribution is 2.21. The van der Waals surface area contributed by atoms with Crippen LogP contribution in [0.2, 0.25) is 0 Å². The summed E-state index contributed by atoms with van der Waals surface area (Å²) in [5.41, 5.74) is 1.14. The monoisotopic (exact) mass is 329 g/mol. The zero-order valence-electron chi connectivity index (χ0n) is 9.31. The third-order valence-electron chi connectivity index (χ3n) is 2.01. The Bertz CT molecular complexity index is 470. The zero-order chi connectivity index (χ0) is 12.1. The molecule has 0 atom stereocenters. The number of rotatable bonds is 5. The predicted molar refractivity (Wildman–Crippen MR) is 78.0 cm³/mol. The van der Waals surface area contributed by atoms with Gasteiger partial charge in [-0.25, -0.2) is 0 Å². The number of thioether (sulfide) groups is 1. The minimum Gasteiger partial charge on any atom is -0.384 e. The van der Waals surface area contributed by atoms with Crippen molar-refractivity contribution >= 4 is 44.7 Å². The Morgan fingerprint density at radius 1 is 1.29 bits per heavy atom. The average Bonchev–Trinajstić information content (AvgIpc) is 2.73. The molecule has 0 aliphatic carbocycles. The summed E-state index contributed by atoms with van der Waals surface area (Å²) in [6.07, 6.45) is 0. The van der Waals surface area contributed by atoms with E-state index in [0.29, 0.717) is 0 Å². The molecule has 1 N–H and O–H groups in total. The molecule has 0 spiro atoms. The fraction of sp³-hybridized carbons (Fsp3) is 0.273. The fourth-order valence-corrected chi connectivity index (χ4v) is 3.24. The second kappa shape index (κ2) is 6.37. The number of hydrogen-bond donors (Lipinski definition) is 1. The second-order valence-electron chi connectivity index (χ2n) is 3.37. The Balaban J connectivity index is 1.71. The van der Waals surface area contributed by atoms with Crippen molar-refractivity contribution in [2.45, 2.75) is 11.3 Å². The lowest BCUT2D eigenvalue weighted by atomic mass is 10.3. The summed E-state index contributed by atoms with van der Waals surface area (Å²) in [4.78, 5) is 0. The number of anilines is 1. The van der Waals surface area contributed by atoms with Crippen LogP contribution in [0.15, 0.2) is 33.1 Å². The first-order chi connectivity index (χ1) is 8.24. The Morgan fingerprint density at radius 3 is 2.71 bits per heavy atom. The van der Waals surface area contributed by atoms with Crippen LogP contribution in [-0.4, -0.2) is 22.5 Å². The van der Waals surface area contributed by atoms with Crippen molar-refractivity contribution in [1.29, 1.82) is 0 Å². The number of hydrogen-bond acceptors (Lipinski definition) is 5. The van der Waals surface area contributed by atoms with E-state index < -0.39 is 0 Å². The van der Waals surface area contributed by atoms with Crippen molar-refractivity contribution in [2.75, 3.05) is 17.6 Å². The van der Waals surface area contributed by atoms with Crippen LogP contribution in [0.1, 0.15) is 5.01 Å². The molecule has 90 valence electrons. The van der Waals surface area contributed by atoms with Gasteiger partial charge in [-0.1, -0.05) is 39.0 Å². The molecule has 1 heterocycles. The smallest absolute Gasteiger partial charge is 0.174 e. The van der Waals surface area contributed by atoms with Gasteiger partial charge in [0.2, 0.25) is 0 Å².